The summed E-state index contributed by atoms with van der Waals surface area (Å²) in [4.78, 5) is 3.82. The Morgan fingerprint density at radius 3 is 2.76 bits per heavy atom. The van der Waals surface area contributed by atoms with E-state index in [1.54, 1.807) is 6.20 Å². The van der Waals surface area contributed by atoms with Crippen LogP contribution in [0.2, 0.25) is 0 Å². The number of halogens is 2. The molecule has 0 aliphatic carbocycles. The molecule has 0 saturated carbocycles. The van der Waals surface area contributed by atoms with Gasteiger partial charge in [0.05, 0.1) is 12.2 Å². The lowest BCUT2D eigenvalue weighted by molar-refractivity contribution is 0.616. The van der Waals surface area contributed by atoms with E-state index < -0.39 is 0 Å². The van der Waals surface area contributed by atoms with E-state index in [0.29, 0.717) is 5.56 Å². The Balaban J connectivity index is 2.43. The van der Waals surface area contributed by atoms with Crippen LogP contribution in [0, 0.1) is 12.7 Å². The maximum atomic E-state index is 13.1. The SMILES string of the molecule is Cc1ccc(Br)cc1C(N)c1cncc(F)c1. The minimum Gasteiger partial charge on any atom is -0.320 e. The molecule has 0 bridgehead atoms. The highest BCUT2D eigenvalue weighted by atomic mass is 79.9. The van der Waals surface area contributed by atoms with Crippen LogP contribution in [0.15, 0.2) is 41.1 Å². The second kappa shape index (κ2) is 4.94. The van der Waals surface area contributed by atoms with Crippen molar-refractivity contribution in [2.45, 2.75) is 13.0 Å². The molecule has 2 aromatic rings. The first-order valence-electron chi connectivity index (χ1n) is 5.20. The lowest BCUT2D eigenvalue weighted by Gasteiger charge is -2.15. The molecule has 2 N–H and O–H groups in total. The van der Waals surface area contributed by atoms with Crippen molar-refractivity contribution < 1.29 is 4.39 Å². The first-order valence-corrected chi connectivity index (χ1v) is 5.99. The Morgan fingerprint density at radius 1 is 1.29 bits per heavy atom. The van der Waals surface area contributed by atoms with Crippen molar-refractivity contribution in [3.05, 3.63) is 63.6 Å². The van der Waals surface area contributed by atoms with Gasteiger partial charge in [-0.15, -0.1) is 0 Å². The summed E-state index contributed by atoms with van der Waals surface area (Å²) in [5.74, 6) is -0.370. The predicted octanol–water partition coefficient (Wildman–Crippen LogP) is 3.34. The topological polar surface area (TPSA) is 38.9 Å². The van der Waals surface area contributed by atoms with Crippen molar-refractivity contribution in [3.8, 4) is 0 Å². The molecule has 0 aliphatic rings. The standard InChI is InChI=1S/C13H12BrFN2/c1-8-2-3-10(14)5-12(8)13(16)9-4-11(15)7-17-6-9/h2-7,13H,16H2,1H3. The summed E-state index contributed by atoms with van der Waals surface area (Å²) in [5, 5.41) is 0. The van der Waals surface area contributed by atoms with Gasteiger partial charge in [-0.3, -0.25) is 4.98 Å². The molecule has 17 heavy (non-hydrogen) atoms. The van der Waals surface area contributed by atoms with Crippen LogP contribution in [0.25, 0.3) is 0 Å². The molecular formula is C13H12BrFN2. The largest absolute Gasteiger partial charge is 0.320 e. The number of nitrogens with zero attached hydrogens (tertiary/aromatic N) is 1. The highest BCUT2D eigenvalue weighted by Crippen LogP contribution is 2.25. The van der Waals surface area contributed by atoms with E-state index in [9.17, 15) is 4.39 Å². The normalized spacial score (nSPS) is 12.5. The third kappa shape index (κ3) is 2.70. The van der Waals surface area contributed by atoms with Crippen LogP contribution in [0.3, 0.4) is 0 Å². The van der Waals surface area contributed by atoms with Gasteiger partial charge in [0.25, 0.3) is 0 Å². The molecule has 88 valence electrons. The van der Waals surface area contributed by atoms with Gasteiger partial charge in [0.15, 0.2) is 0 Å². The van der Waals surface area contributed by atoms with Crippen LogP contribution < -0.4 is 5.73 Å². The molecule has 1 atom stereocenters. The van der Waals surface area contributed by atoms with Crippen LogP contribution in [0.1, 0.15) is 22.7 Å². The highest BCUT2D eigenvalue weighted by Gasteiger charge is 2.12. The van der Waals surface area contributed by atoms with E-state index in [-0.39, 0.29) is 11.9 Å². The van der Waals surface area contributed by atoms with Gasteiger partial charge < -0.3 is 5.73 Å². The van der Waals surface area contributed by atoms with Crippen LogP contribution in [0.5, 0.6) is 0 Å². The zero-order valence-electron chi connectivity index (χ0n) is 9.32. The third-order valence-corrected chi connectivity index (χ3v) is 3.15. The van der Waals surface area contributed by atoms with E-state index in [4.69, 9.17) is 5.73 Å². The lowest BCUT2D eigenvalue weighted by atomic mass is 9.97. The van der Waals surface area contributed by atoms with Gasteiger partial charge >= 0.3 is 0 Å². The second-order valence-corrected chi connectivity index (χ2v) is 4.83. The summed E-state index contributed by atoms with van der Waals surface area (Å²) in [5.41, 5.74) is 8.84. The van der Waals surface area contributed by atoms with Crippen LogP contribution in [0.4, 0.5) is 4.39 Å². The monoisotopic (exact) mass is 294 g/mol. The molecule has 0 aliphatic heterocycles. The maximum absolute atomic E-state index is 13.1. The number of rotatable bonds is 2. The summed E-state index contributed by atoms with van der Waals surface area (Å²) in [6.45, 7) is 1.98. The molecule has 0 spiro atoms. The molecule has 0 radical (unpaired) electrons. The Morgan fingerprint density at radius 2 is 2.06 bits per heavy atom. The maximum Gasteiger partial charge on any atom is 0.141 e. The average Bonchev–Trinajstić information content (AvgIpc) is 2.31. The van der Waals surface area contributed by atoms with Crippen molar-refractivity contribution in [2.24, 2.45) is 5.73 Å². The number of aryl methyl sites for hydroxylation is 1. The van der Waals surface area contributed by atoms with Crippen LogP contribution >= 0.6 is 15.9 Å². The number of nitrogens with two attached hydrogens (primary N) is 1. The van der Waals surface area contributed by atoms with Crippen molar-refractivity contribution >= 4 is 15.9 Å². The Kier molecular flexibility index (Phi) is 3.54. The minimum atomic E-state index is -0.370. The van der Waals surface area contributed by atoms with Gasteiger partial charge in [0.2, 0.25) is 0 Å². The van der Waals surface area contributed by atoms with Gasteiger partial charge in [0.1, 0.15) is 5.82 Å². The molecule has 0 fully saturated rings. The van der Waals surface area contributed by atoms with Crippen molar-refractivity contribution in [3.63, 3.8) is 0 Å². The summed E-state index contributed by atoms with van der Waals surface area (Å²) in [6, 6.07) is 6.93. The van der Waals surface area contributed by atoms with Crippen molar-refractivity contribution in [2.75, 3.05) is 0 Å². The quantitative estimate of drug-likeness (QED) is 0.923. The van der Waals surface area contributed by atoms with Crippen molar-refractivity contribution in [1.29, 1.82) is 0 Å². The van der Waals surface area contributed by atoms with Gasteiger partial charge in [-0.25, -0.2) is 4.39 Å². The van der Waals surface area contributed by atoms with Gasteiger partial charge in [-0.2, -0.15) is 0 Å². The van der Waals surface area contributed by atoms with Gasteiger partial charge in [-0.05, 0) is 41.8 Å². The summed E-state index contributed by atoms with van der Waals surface area (Å²) in [7, 11) is 0. The molecule has 0 amide bonds. The smallest absolute Gasteiger partial charge is 0.141 e. The van der Waals surface area contributed by atoms with Gasteiger partial charge in [-0.1, -0.05) is 22.0 Å². The molecule has 2 nitrogen and oxygen atoms in total. The van der Waals surface area contributed by atoms with E-state index >= 15 is 0 Å². The summed E-state index contributed by atoms with van der Waals surface area (Å²) < 4.78 is 14.1. The summed E-state index contributed by atoms with van der Waals surface area (Å²) in [6.07, 6.45) is 2.76. The van der Waals surface area contributed by atoms with Crippen molar-refractivity contribution in [1.82, 2.24) is 4.98 Å². The molecule has 0 saturated heterocycles. The molecule has 4 heteroatoms. The Hall–Kier alpha value is -1.26. The van der Waals surface area contributed by atoms with Crippen LogP contribution in [-0.2, 0) is 0 Å². The summed E-state index contributed by atoms with van der Waals surface area (Å²) >= 11 is 3.41. The van der Waals surface area contributed by atoms with E-state index in [0.717, 1.165) is 15.6 Å². The Bertz CT molecular complexity index is 543. The fourth-order valence-corrected chi connectivity index (χ4v) is 2.10. The predicted molar refractivity (Wildman–Crippen MR) is 69.1 cm³/mol. The molecule has 2 rings (SSSR count). The molecule has 1 aromatic heterocycles. The second-order valence-electron chi connectivity index (χ2n) is 3.92. The minimum absolute atomic E-state index is 0.365. The molecule has 1 unspecified atom stereocenters. The van der Waals surface area contributed by atoms with Crippen LogP contribution in [-0.4, -0.2) is 4.98 Å². The van der Waals surface area contributed by atoms with E-state index in [1.807, 2.05) is 25.1 Å². The lowest BCUT2D eigenvalue weighted by Crippen LogP contribution is -2.13. The number of pyridine rings is 1. The zero-order chi connectivity index (χ0) is 12.4. The fourth-order valence-electron chi connectivity index (χ4n) is 1.72. The highest BCUT2D eigenvalue weighted by molar-refractivity contribution is 9.10. The number of hydrogen-bond acceptors (Lipinski definition) is 2. The first-order chi connectivity index (χ1) is 8.08. The molecule has 1 aromatic carbocycles. The zero-order valence-corrected chi connectivity index (χ0v) is 10.9. The fraction of sp³-hybridized carbons (Fsp3) is 0.154. The number of aromatic nitrogens is 1. The van der Waals surface area contributed by atoms with E-state index in [1.165, 1.54) is 12.3 Å². The first kappa shape index (κ1) is 12.2. The molecular weight excluding hydrogens is 283 g/mol. The molecule has 1 heterocycles. The van der Waals surface area contributed by atoms with Gasteiger partial charge in [0, 0.05) is 10.7 Å². The number of hydrogen-bond donors (Lipinski definition) is 1. The Labute approximate surface area is 108 Å². The van der Waals surface area contributed by atoms with E-state index in [2.05, 4.69) is 20.9 Å². The number of benzene rings is 1. The third-order valence-electron chi connectivity index (χ3n) is 2.66. The average molecular weight is 295 g/mol.